The smallest absolute Gasteiger partial charge is 0.310 e. The van der Waals surface area contributed by atoms with Gasteiger partial charge in [0.15, 0.2) is 0 Å². The fraction of sp³-hybridized carbons (Fsp3) is 0.444. The largest absolute Gasteiger partial charge is 0.497 e. The van der Waals surface area contributed by atoms with E-state index in [1.54, 1.807) is 7.11 Å². The van der Waals surface area contributed by atoms with Crippen LogP contribution >= 0.6 is 0 Å². The van der Waals surface area contributed by atoms with Crippen LogP contribution in [-0.4, -0.2) is 61.2 Å². The van der Waals surface area contributed by atoms with Crippen LogP contribution in [0, 0.1) is 11.3 Å². The Labute approximate surface area is 195 Å². The number of H-pyrrole nitrogens is 1. The van der Waals surface area contributed by atoms with Gasteiger partial charge in [0.1, 0.15) is 5.75 Å². The van der Waals surface area contributed by atoms with Crippen LogP contribution in [0.5, 0.6) is 5.75 Å². The molecule has 0 amide bonds. The Morgan fingerprint density at radius 1 is 1.06 bits per heavy atom. The molecule has 1 N–H and O–H groups in total. The number of benzene rings is 2. The molecule has 2 aromatic carbocycles. The van der Waals surface area contributed by atoms with E-state index in [0.717, 1.165) is 63.4 Å². The van der Waals surface area contributed by atoms with Gasteiger partial charge >= 0.3 is 5.97 Å². The van der Waals surface area contributed by atoms with Crippen molar-refractivity contribution in [1.29, 1.82) is 0 Å². The van der Waals surface area contributed by atoms with Crippen LogP contribution in [0.1, 0.15) is 24.0 Å². The number of nitrogens with zero attached hydrogens (tertiary/aromatic N) is 2. The second kappa shape index (κ2) is 9.20. The lowest BCUT2D eigenvalue weighted by atomic mass is 9.70. The molecule has 1 atom stereocenters. The Kier molecular flexibility index (Phi) is 6.13. The first kappa shape index (κ1) is 22.0. The van der Waals surface area contributed by atoms with E-state index in [-0.39, 0.29) is 17.3 Å². The van der Waals surface area contributed by atoms with Crippen LogP contribution in [0.25, 0.3) is 10.9 Å². The minimum atomic E-state index is -0.0530. The van der Waals surface area contributed by atoms with Crippen molar-refractivity contribution in [1.82, 2.24) is 14.8 Å². The van der Waals surface area contributed by atoms with E-state index in [2.05, 4.69) is 57.4 Å². The van der Waals surface area contributed by atoms with Gasteiger partial charge in [0.25, 0.3) is 0 Å². The van der Waals surface area contributed by atoms with Gasteiger partial charge in [0, 0.05) is 48.7 Å². The third-order valence-corrected chi connectivity index (χ3v) is 7.67. The van der Waals surface area contributed by atoms with Gasteiger partial charge in [0.05, 0.1) is 20.1 Å². The molecule has 6 heteroatoms. The Balaban J connectivity index is 1.28. The standard InChI is InChI=1S/C27H33N3O3/c1-32-22-8-9-25-23(14-22)21(15-28-25)17-29-12-10-27(11-13-29)19-30(18-24(27)26(31)33-2)16-20-6-4-3-5-7-20/h3-9,14-15,24,28H,10-13,16-19H2,1-2H3. The molecular weight excluding hydrogens is 414 g/mol. The summed E-state index contributed by atoms with van der Waals surface area (Å²) in [7, 11) is 3.23. The zero-order valence-corrected chi connectivity index (χ0v) is 19.5. The van der Waals surface area contributed by atoms with Gasteiger partial charge in [0.2, 0.25) is 0 Å². The van der Waals surface area contributed by atoms with E-state index in [4.69, 9.17) is 9.47 Å². The summed E-state index contributed by atoms with van der Waals surface area (Å²) in [5.74, 6) is 0.778. The average molecular weight is 448 g/mol. The molecule has 1 unspecified atom stereocenters. The topological polar surface area (TPSA) is 57.8 Å². The number of ether oxygens (including phenoxy) is 2. The Bertz CT molecular complexity index is 1100. The van der Waals surface area contributed by atoms with E-state index in [0.29, 0.717) is 0 Å². The minimum Gasteiger partial charge on any atom is -0.497 e. The lowest BCUT2D eigenvalue weighted by Crippen LogP contribution is -2.46. The zero-order chi connectivity index (χ0) is 22.8. The summed E-state index contributed by atoms with van der Waals surface area (Å²) in [5.41, 5.74) is 3.73. The molecule has 0 bridgehead atoms. The van der Waals surface area contributed by atoms with Crippen LogP contribution in [0.4, 0.5) is 0 Å². The van der Waals surface area contributed by atoms with Crippen molar-refractivity contribution in [3.63, 3.8) is 0 Å². The lowest BCUT2D eigenvalue weighted by molar-refractivity contribution is -0.149. The quantitative estimate of drug-likeness (QED) is 0.578. The third kappa shape index (κ3) is 4.37. The maximum atomic E-state index is 12.8. The first-order valence-electron chi connectivity index (χ1n) is 11.8. The second-order valence-corrected chi connectivity index (χ2v) is 9.59. The molecule has 2 aliphatic rings. The van der Waals surface area contributed by atoms with Gasteiger partial charge in [-0.05, 0) is 55.3 Å². The summed E-state index contributed by atoms with van der Waals surface area (Å²) >= 11 is 0. The number of carbonyl (C=O) groups is 1. The first-order chi connectivity index (χ1) is 16.1. The number of methoxy groups -OCH3 is 2. The molecule has 1 aromatic heterocycles. The van der Waals surface area contributed by atoms with E-state index in [1.165, 1.54) is 23.6 Å². The van der Waals surface area contributed by atoms with Crippen molar-refractivity contribution in [2.75, 3.05) is 40.4 Å². The van der Waals surface area contributed by atoms with E-state index in [1.807, 2.05) is 12.1 Å². The Morgan fingerprint density at radius 3 is 2.58 bits per heavy atom. The van der Waals surface area contributed by atoms with Crippen molar-refractivity contribution in [2.24, 2.45) is 11.3 Å². The molecule has 6 nitrogen and oxygen atoms in total. The van der Waals surface area contributed by atoms with Gasteiger partial charge in [-0.25, -0.2) is 0 Å². The van der Waals surface area contributed by atoms with E-state index in [9.17, 15) is 4.79 Å². The molecule has 5 rings (SSSR count). The minimum absolute atomic E-state index is 0.00179. The van der Waals surface area contributed by atoms with Crippen molar-refractivity contribution in [3.8, 4) is 5.75 Å². The highest BCUT2D eigenvalue weighted by Crippen LogP contribution is 2.46. The maximum Gasteiger partial charge on any atom is 0.310 e. The van der Waals surface area contributed by atoms with Crippen LogP contribution < -0.4 is 4.74 Å². The molecule has 2 saturated heterocycles. The zero-order valence-electron chi connectivity index (χ0n) is 19.5. The summed E-state index contributed by atoms with van der Waals surface area (Å²) in [4.78, 5) is 21.1. The normalized spacial score (nSPS) is 21.0. The molecule has 0 saturated carbocycles. The molecule has 174 valence electrons. The molecular formula is C27H33N3O3. The predicted octanol–water partition coefficient (Wildman–Crippen LogP) is 4.06. The van der Waals surface area contributed by atoms with Gasteiger partial charge in [-0.15, -0.1) is 0 Å². The molecule has 3 heterocycles. The number of rotatable bonds is 6. The second-order valence-electron chi connectivity index (χ2n) is 9.59. The maximum absolute atomic E-state index is 12.8. The number of aromatic nitrogens is 1. The number of piperidine rings is 1. The molecule has 2 aliphatic heterocycles. The summed E-state index contributed by atoms with van der Waals surface area (Å²) < 4.78 is 10.7. The van der Waals surface area contributed by atoms with E-state index < -0.39 is 0 Å². The monoisotopic (exact) mass is 447 g/mol. The van der Waals surface area contributed by atoms with Gasteiger partial charge in [-0.2, -0.15) is 0 Å². The van der Waals surface area contributed by atoms with Gasteiger partial charge in [-0.3, -0.25) is 14.6 Å². The number of fused-ring (bicyclic) bond motifs is 1. The fourth-order valence-corrected chi connectivity index (χ4v) is 5.82. The molecule has 0 radical (unpaired) electrons. The lowest BCUT2D eigenvalue weighted by Gasteiger charge is -2.41. The van der Waals surface area contributed by atoms with Crippen LogP contribution in [0.15, 0.2) is 54.7 Å². The Morgan fingerprint density at radius 2 is 1.85 bits per heavy atom. The van der Waals surface area contributed by atoms with Crippen molar-refractivity contribution >= 4 is 16.9 Å². The molecule has 33 heavy (non-hydrogen) atoms. The molecule has 3 aromatic rings. The number of nitrogens with one attached hydrogen (secondary N) is 1. The van der Waals surface area contributed by atoms with Crippen molar-refractivity contribution in [3.05, 3.63) is 65.9 Å². The highest BCUT2D eigenvalue weighted by Gasteiger charge is 2.51. The highest BCUT2D eigenvalue weighted by atomic mass is 16.5. The summed E-state index contributed by atoms with van der Waals surface area (Å²) in [5, 5.41) is 1.22. The van der Waals surface area contributed by atoms with Crippen LogP contribution in [0.3, 0.4) is 0 Å². The van der Waals surface area contributed by atoms with Crippen LogP contribution in [0.2, 0.25) is 0 Å². The number of likely N-dealkylation sites (tertiary alicyclic amines) is 2. The van der Waals surface area contributed by atoms with Crippen molar-refractivity contribution < 1.29 is 14.3 Å². The van der Waals surface area contributed by atoms with Crippen molar-refractivity contribution in [2.45, 2.75) is 25.9 Å². The van der Waals surface area contributed by atoms with Gasteiger partial charge < -0.3 is 14.5 Å². The van der Waals surface area contributed by atoms with E-state index >= 15 is 0 Å². The summed E-state index contributed by atoms with van der Waals surface area (Å²) in [6.45, 7) is 5.51. The predicted molar refractivity (Wildman–Crippen MR) is 129 cm³/mol. The highest BCUT2D eigenvalue weighted by molar-refractivity contribution is 5.84. The SMILES string of the molecule is COC(=O)C1CN(Cc2ccccc2)CC12CCN(Cc1c[nH]c3ccc(OC)cc13)CC2. The number of aromatic amines is 1. The fourth-order valence-electron chi connectivity index (χ4n) is 5.82. The Hall–Kier alpha value is -2.83. The molecule has 2 fully saturated rings. The first-order valence-corrected chi connectivity index (χ1v) is 11.8. The van der Waals surface area contributed by atoms with Gasteiger partial charge in [-0.1, -0.05) is 30.3 Å². The third-order valence-electron chi connectivity index (χ3n) is 7.67. The summed E-state index contributed by atoms with van der Waals surface area (Å²) in [6.07, 6.45) is 4.15. The number of esters is 1. The average Bonchev–Trinajstić information content (AvgIpc) is 3.41. The number of hydrogen-bond acceptors (Lipinski definition) is 5. The van der Waals surface area contributed by atoms with Crippen LogP contribution in [-0.2, 0) is 22.6 Å². The molecule has 1 spiro atoms. The summed E-state index contributed by atoms with van der Waals surface area (Å²) in [6, 6.07) is 16.7. The number of carbonyl (C=O) groups excluding carboxylic acids is 1. The number of hydrogen-bond donors (Lipinski definition) is 1. The molecule has 0 aliphatic carbocycles.